The fourth-order valence-electron chi connectivity index (χ4n) is 4.52. The number of aromatic nitrogens is 4. The van der Waals surface area contributed by atoms with Crippen molar-refractivity contribution >= 4 is 11.3 Å². The molecule has 0 fully saturated rings. The Morgan fingerprint density at radius 3 is 2.45 bits per heavy atom. The van der Waals surface area contributed by atoms with Gasteiger partial charge in [-0.05, 0) is 47.9 Å². The summed E-state index contributed by atoms with van der Waals surface area (Å²) in [5.41, 5.74) is 5.43. The van der Waals surface area contributed by atoms with Crippen molar-refractivity contribution in [2.45, 2.75) is 46.1 Å². The molecule has 0 saturated carbocycles. The van der Waals surface area contributed by atoms with Crippen molar-refractivity contribution in [2.24, 2.45) is 0 Å². The topological polar surface area (TPSA) is 93.8 Å². The molecule has 1 N–H and O–H groups in total. The minimum atomic E-state index is -0.588. The number of thiophene rings is 1. The Morgan fingerprint density at radius 1 is 1.03 bits per heavy atom. The molecule has 0 saturated heterocycles. The van der Waals surface area contributed by atoms with Gasteiger partial charge in [0.25, 0.3) is 5.56 Å². The number of aryl methyl sites for hydroxylation is 2. The molecule has 0 aliphatic heterocycles. The van der Waals surface area contributed by atoms with Crippen LogP contribution in [0.3, 0.4) is 0 Å². The summed E-state index contributed by atoms with van der Waals surface area (Å²) >= 11 is 1.65. The Bertz CT molecular complexity index is 1630. The van der Waals surface area contributed by atoms with Crippen LogP contribution in [0.2, 0.25) is 0 Å². The van der Waals surface area contributed by atoms with Crippen LogP contribution in [-0.4, -0.2) is 19.7 Å². The Kier molecular flexibility index (Phi) is 9.33. The fraction of sp³-hybridized carbons (Fsp3) is 0.241. The van der Waals surface area contributed by atoms with Crippen molar-refractivity contribution in [3.63, 3.8) is 0 Å². The second-order valence-electron chi connectivity index (χ2n) is 9.02. The van der Waals surface area contributed by atoms with E-state index in [0.29, 0.717) is 18.8 Å². The van der Waals surface area contributed by atoms with E-state index >= 15 is 0 Å². The third-order valence-electron chi connectivity index (χ3n) is 6.47. The summed E-state index contributed by atoms with van der Waals surface area (Å²) in [5, 5.41) is 5.87. The molecule has 0 aliphatic rings. The van der Waals surface area contributed by atoms with Gasteiger partial charge in [0.15, 0.2) is 5.82 Å². The van der Waals surface area contributed by atoms with Gasteiger partial charge < -0.3 is 1.43 Å². The molecule has 0 bridgehead atoms. The number of aromatic amines is 1. The molecule has 0 radical (unpaired) electrons. The molecule has 0 amide bonds. The van der Waals surface area contributed by atoms with Crippen LogP contribution in [0.4, 0.5) is 0 Å². The molecule has 0 spiro atoms. The Balaban J connectivity index is 0.00000210. The zero-order valence-corrected chi connectivity index (χ0v) is 24.7. The maximum absolute atomic E-state index is 13.7. The van der Waals surface area contributed by atoms with Crippen molar-refractivity contribution in [1.82, 2.24) is 19.7 Å². The van der Waals surface area contributed by atoms with Crippen LogP contribution in [0, 0.1) is 6.92 Å². The molecule has 2 aromatic carbocycles. The summed E-state index contributed by atoms with van der Waals surface area (Å²) in [6.45, 7) is 4.61. The first-order valence-corrected chi connectivity index (χ1v) is 13.3. The van der Waals surface area contributed by atoms with Crippen LogP contribution in [-0.2, 0) is 19.4 Å². The van der Waals surface area contributed by atoms with Gasteiger partial charge in [0, 0.05) is 22.4 Å². The van der Waals surface area contributed by atoms with E-state index in [0.717, 1.165) is 63.5 Å². The summed E-state index contributed by atoms with van der Waals surface area (Å²) in [6, 6.07) is 19.9. The molecule has 9 heteroatoms. The van der Waals surface area contributed by atoms with E-state index < -0.39 is 5.76 Å². The van der Waals surface area contributed by atoms with E-state index in [4.69, 9.17) is 9.51 Å². The molecule has 38 heavy (non-hydrogen) atoms. The van der Waals surface area contributed by atoms with Crippen LogP contribution in [0.25, 0.3) is 22.5 Å². The number of nitrogens with zero attached hydrogens (tertiary/aromatic N) is 3. The van der Waals surface area contributed by atoms with E-state index in [2.05, 4.69) is 17.1 Å². The van der Waals surface area contributed by atoms with Gasteiger partial charge in [-0.15, -0.1) is 11.3 Å². The summed E-state index contributed by atoms with van der Waals surface area (Å²) in [4.78, 5) is 33.8. The maximum Gasteiger partial charge on any atom is 1.00 e. The number of nitrogens with one attached hydrogen (secondary N) is 1. The third-order valence-corrected chi connectivity index (χ3v) is 7.33. The van der Waals surface area contributed by atoms with Crippen LogP contribution in [0.1, 0.15) is 48.7 Å². The monoisotopic (exact) mass is 536 g/mol. The molecule has 0 atom stereocenters. The third kappa shape index (κ3) is 6.15. The SMILES string of the molecule is CCCCc1nc(C)n(Cc2cccs2)c(=O)c1Cc1ccc(-c2ccccc2-c2noc(=O)[nH]2)cc1.[H-].[Na+]. The summed E-state index contributed by atoms with van der Waals surface area (Å²) < 4.78 is 6.49. The van der Waals surface area contributed by atoms with Crippen molar-refractivity contribution < 1.29 is 35.5 Å². The Labute approximate surface area is 248 Å². The molecule has 7 nitrogen and oxygen atoms in total. The van der Waals surface area contributed by atoms with Crippen molar-refractivity contribution in [3.8, 4) is 22.5 Å². The molecular formula is C29H29N4NaO3S. The molecule has 3 heterocycles. The normalized spacial score (nSPS) is 10.9. The first-order valence-electron chi connectivity index (χ1n) is 12.4. The predicted octanol–water partition coefficient (Wildman–Crippen LogP) is 2.72. The summed E-state index contributed by atoms with van der Waals surface area (Å²) in [6.07, 6.45) is 3.36. The van der Waals surface area contributed by atoms with E-state index in [1.165, 1.54) is 0 Å². The van der Waals surface area contributed by atoms with Crippen LogP contribution in [0.5, 0.6) is 0 Å². The fourth-order valence-corrected chi connectivity index (χ4v) is 5.22. The number of hydrogen-bond acceptors (Lipinski definition) is 6. The Morgan fingerprint density at radius 2 is 1.79 bits per heavy atom. The van der Waals surface area contributed by atoms with E-state index in [1.807, 2.05) is 73.0 Å². The molecular weight excluding hydrogens is 507 g/mol. The Hall–Kier alpha value is -3.04. The molecule has 190 valence electrons. The van der Waals surface area contributed by atoms with E-state index in [9.17, 15) is 9.59 Å². The molecule has 5 aromatic rings. The van der Waals surface area contributed by atoms with E-state index in [-0.39, 0.29) is 36.5 Å². The largest absolute Gasteiger partial charge is 1.00 e. The number of H-pyrrole nitrogens is 1. The number of rotatable bonds is 9. The van der Waals surface area contributed by atoms with Crippen LogP contribution in [0.15, 0.2) is 80.2 Å². The molecule has 0 unspecified atom stereocenters. The van der Waals surface area contributed by atoms with E-state index in [1.54, 1.807) is 15.9 Å². The van der Waals surface area contributed by atoms with Gasteiger partial charge in [-0.2, -0.15) is 0 Å². The average Bonchev–Trinajstić information content (AvgIpc) is 3.59. The maximum atomic E-state index is 13.7. The minimum Gasteiger partial charge on any atom is -1.00 e. The average molecular weight is 537 g/mol. The molecule has 5 rings (SSSR count). The van der Waals surface area contributed by atoms with Gasteiger partial charge in [-0.1, -0.05) is 73.1 Å². The second kappa shape index (κ2) is 12.7. The number of hydrogen-bond donors (Lipinski definition) is 1. The standard InChI is InChI=1S/C29H28N4O3S.Na.H/c1-3-4-11-26-25(28(34)33(19(2)30-26)18-22-8-7-16-37-22)17-20-12-14-21(15-13-20)23-9-5-6-10-24(23)27-31-29(35)36-32-27;;/h5-10,12-16H,3-4,11,17-18H2,1-2H3,(H,31,32,35);;/q;+1;-1. The smallest absolute Gasteiger partial charge is 1.00 e. The van der Waals surface area contributed by atoms with Gasteiger partial charge in [0.05, 0.1) is 12.2 Å². The first-order chi connectivity index (χ1) is 18.0. The zero-order chi connectivity index (χ0) is 25.8. The van der Waals surface area contributed by atoms with Crippen LogP contribution < -0.4 is 40.9 Å². The minimum absolute atomic E-state index is 0. The second-order valence-corrected chi connectivity index (χ2v) is 10.1. The molecule has 3 aromatic heterocycles. The van der Waals surface area contributed by atoms with Gasteiger partial charge >= 0.3 is 35.3 Å². The van der Waals surface area contributed by atoms with Crippen molar-refractivity contribution in [1.29, 1.82) is 0 Å². The van der Waals surface area contributed by atoms with Gasteiger partial charge in [-0.25, -0.2) is 9.78 Å². The summed E-state index contributed by atoms with van der Waals surface area (Å²) in [7, 11) is 0. The quantitative estimate of drug-likeness (QED) is 0.293. The molecule has 0 aliphatic carbocycles. The van der Waals surface area contributed by atoms with Gasteiger partial charge in [0.1, 0.15) is 5.82 Å². The zero-order valence-electron chi connectivity index (χ0n) is 22.9. The summed E-state index contributed by atoms with van der Waals surface area (Å²) in [5.74, 6) is 0.559. The van der Waals surface area contributed by atoms with Crippen LogP contribution >= 0.6 is 11.3 Å². The first kappa shape index (κ1) is 28.0. The van der Waals surface area contributed by atoms with Gasteiger partial charge in [-0.3, -0.25) is 18.9 Å². The number of benzene rings is 2. The van der Waals surface area contributed by atoms with Crippen molar-refractivity contribution in [2.75, 3.05) is 0 Å². The number of unbranched alkanes of at least 4 members (excludes halogenated alkanes) is 1. The van der Waals surface area contributed by atoms with Gasteiger partial charge in [0.2, 0.25) is 0 Å². The predicted molar refractivity (Wildman–Crippen MR) is 147 cm³/mol. The van der Waals surface area contributed by atoms with Crippen molar-refractivity contribution in [3.05, 3.63) is 114 Å².